The lowest BCUT2D eigenvalue weighted by Crippen LogP contribution is -2.35. The van der Waals surface area contributed by atoms with Gasteiger partial charge >= 0.3 is 11.9 Å². The van der Waals surface area contributed by atoms with Gasteiger partial charge in [0, 0.05) is 10.5 Å². The maximum absolute atomic E-state index is 11.3. The van der Waals surface area contributed by atoms with Gasteiger partial charge in [-0.1, -0.05) is 12.1 Å². The molecule has 0 saturated carbocycles. The Kier molecular flexibility index (Phi) is 4.88. The van der Waals surface area contributed by atoms with Crippen molar-refractivity contribution in [2.45, 2.75) is 19.4 Å². The molecule has 0 aliphatic heterocycles. The Labute approximate surface area is 107 Å². The van der Waals surface area contributed by atoms with Gasteiger partial charge in [0.2, 0.25) is 0 Å². The summed E-state index contributed by atoms with van der Waals surface area (Å²) < 4.78 is 5.52. The molecule has 1 unspecified atom stereocenters. The van der Waals surface area contributed by atoms with Gasteiger partial charge in [-0.15, -0.1) is 0 Å². The molecule has 16 heavy (non-hydrogen) atoms. The van der Waals surface area contributed by atoms with E-state index in [1.54, 1.807) is 0 Å². The number of esters is 2. The number of halogens is 1. The maximum Gasteiger partial charge on any atom is 0.330 e. The minimum Gasteiger partial charge on any atom is -0.392 e. The average molecular weight is 333 g/mol. The number of carbonyl (C=O) groups excluding carboxylic acids is 2. The van der Waals surface area contributed by atoms with Crippen LogP contribution in [0, 0.1) is 3.57 Å². The van der Waals surface area contributed by atoms with E-state index >= 15 is 0 Å². The van der Waals surface area contributed by atoms with Gasteiger partial charge in [-0.25, -0.2) is 4.79 Å². The van der Waals surface area contributed by atoms with Crippen molar-refractivity contribution < 1.29 is 14.3 Å². The third kappa shape index (κ3) is 4.28. The van der Waals surface area contributed by atoms with Crippen molar-refractivity contribution in [1.29, 1.82) is 0 Å². The highest BCUT2D eigenvalue weighted by molar-refractivity contribution is 14.1. The largest absolute Gasteiger partial charge is 0.392 e. The van der Waals surface area contributed by atoms with E-state index in [1.807, 2.05) is 24.3 Å². The molecule has 1 aromatic rings. The molecule has 2 N–H and O–H groups in total. The van der Waals surface area contributed by atoms with E-state index in [-0.39, 0.29) is 0 Å². The molecule has 0 fully saturated rings. The number of nitrogens with two attached hydrogens (primary N) is 1. The number of carbonyl (C=O) groups is 2. The molecule has 0 bridgehead atoms. The molecule has 4 nitrogen and oxygen atoms in total. The Hall–Kier alpha value is -0.950. The first-order valence-corrected chi connectivity index (χ1v) is 5.79. The first-order chi connectivity index (χ1) is 7.49. The van der Waals surface area contributed by atoms with Gasteiger partial charge < -0.3 is 10.5 Å². The second-order valence-corrected chi connectivity index (χ2v) is 4.60. The van der Waals surface area contributed by atoms with E-state index in [9.17, 15) is 9.59 Å². The van der Waals surface area contributed by atoms with E-state index in [2.05, 4.69) is 27.3 Å². The fraction of sp³-hybridized carbons (Fsp3) is 0.273. The van der Waals surface area contributed by atoms with Crippen molar-refractivity contribution in [2.24, 2.45) is 5.73 Å². The third-order valence-corrected chi connectivity index (χ3v) is 2.64. The van der Waals surface area contributed by atoms with Gasteiger partial charge in [-0.05, 0) is 46.7 Å². The van der Waals surface area contributed by atoms with E-state index < -0.39 is 18.0 Å². The van der Waals surface area contributed by atoms with Crippen LogP contribution in [0.2, 0.25) is 0 Å². The van der Waals surface area contributed by atoms with Crippen LogP contribution in [0.3, 0.4) is 0 Å². The standard InChI is InChI=1S/C11H12INO3/c1-7(14)16-11(15)10(13)6-8-2-4-9(12)5-3-8/h2-5,10H,6,13H2,1H3. The van der Waals surface area contributed by atoms with E-state index in [4.69, 9.17) is 5.73 Å². The smallest absolute Gasteiger partial charge is 0.330 e. The molecule has 0 aliphatic rings. The highest BCUT2D eigenvalue weighted by Crippen LogP contribution is 2.08. The molecule has 0 saturated heterocycles. The Morgan fingerprint density at radius 1 is 1.38 bits per heavy atom. The number of benzene rings is 1. The van der Waals surface area contributed by atoms with Crippen LogP contribution < -0.4 is 5.73 Å². The summed E-state index contributed by atoms with van der Waals surface area (Å²) in [5, 5.41) is 0. The van der Waals surface area contributed by atoms with Crippen molar-refractivity contribution in [3.8, 4) is 0 Å². The lowest BCUT2D eigenvalue weighted by atomic mass is 10.1. The van der Waals surface area contributed by atoms with Crippen LogP contribution in [0.15, 0.2) is 24.3 Å². The Morgan fingerprint density at radius 2 is 1.94 bits per heavy atom. The van der Waals surface area contributed by atoms with Gasteiger partial charge in [0.25, 0.3) is 0 Å². The molecule has 1 aromatic carbocycles. The number of rotatable bonds is 3. The normalized spacial score (nSPS) is 11.9. The van der Waals surface area contributed by atoms with Gasteiger partial charge in [-0.2, -0.15) is 0 Å². The first-order valence-electron chi connectivity index (χ1n) is 4.71. The number of hydrogen-bond acceptors (Lipinski definition) is 4. The summed E-state index contributed by atoms with van der Waals surface area (Å²) in [5.74, 6) is -1.32. The quantitative estimate of drug-likeness (QED) is 0.514. The van der Waals surface area contributed by atoms with Crippen LogP contribution in [-0.2, 0) is 20.7 Å². The summed E-state index contributed by atoms with van der Waals surface area (Å²) in [4.78, 5) is 21.8. The Bertz CT molecular complexity index is 389. The van der Waals surface area contributed by atoms with E-state index in [0.717, 1.165) is 9.13 Å². The molecule has 1 atom stereocenters. The van der Waals surface area contributed by atoms with Gasteiger partial charge in [0.05, 0.1) is 0 Å². The minimum absolute atomic E-state index is 0.364. The van der Waals surface area contributed by atoms with Gasteiger partial charge in [-0.3, -0.25) is 4.79 Å². The van der Waals surface area contributed by atoms with E-state index in [0.29, 0.717) is 6.42 Å². The molecule has 1 rings (SSSR count). The molecular formula is C11H12INO3. The lowest BCUT2D eigenvalue weighted by molar-refractivity contribution is -0.159. The average Bonchev–Trinajstić information content (AvgIpc) is 2.20. The predicted molar refractivity (Wildman–Crippen MR) is 67.6 cm³/mol. The lowest BCUT2D eigenvalue weighted by Gasteiger charge is -2.09. The summed E-state index contributed by atoms with van der Waals surface area (Å²) >= 11 is 2.19. The van der Waals surface area contributed by atoms with Crippen LogP contribution in [0.5, 0.6) is 0 Å². The molecule has 0 heterocycles. The van der Waals surface area contributed by atoms with Crippen LogP contribution >= 0.6 is 22.6 Å². The fourth-order valence-corrected chi connectivity index (χ4v) is 1.53. The Balaban J connectivity index is 2.57. The highest BCUT2D eigenvalue weighted by Gasteiger charge is 2.17. The summed E-state index contributed by atoms with van der Waals surface area (Å²) in [5.41, 5.74) is 6.55. The second kappa shape index (κ2) is 5.95. The second-order valence-electron chi connectivity index (χ2n) is 3.35. The molecule has 0 spiro atoms. The zero-order valence-electron chi connectivity index (χ0n) is 8.77. The van der Waals surface area contributed by atoms with Crippen molar-refractivity contribution in [2.75, 3.05) is 0 Å². The van der Waals surface area contributed by atoms with Gasteiger partial charge in [0.15, 0.2) is 0 Å². The van der Waals surface area contributed by atoms with Crippen LogP contribution in [0.4, 0.5) is 0 Å². The highest BCUT2D eigenvalue weighted by atomic mass is 127. The summed E-state index contributed by atoms with van der Waals surface area (Å²) in [6.45, 7) is 1.18. The molecule has 86 valence electrons. The Morgan fingerprint density at radius 3 is 2.44 bits per heavy atom. The van der Waals surface area contributed by atoms with Crippen LogP contribution in [0.1, 0.15) is 12.5 Å². The van der Waals surface area contributed by atoms with Crippen molar-refractivity contribution >= 4 is 34.5 Å². The number of hydrogen-bond donors (Lipinski definition) is 1. The topological polar surface area (TPSA) is 69.4 Å². The third-order valence-electron chi connectivity index (χ3n) is 1.92. The molecular weight excluding hydrogens is 321 g/mol. The van der Waals surface area contributed by atoms with Crippen molar-refractivity contribution in [1.82, 2.24) is 0 Å². The van der Waals surface area contributed by atoms with Gasteiger partial charge in [0.1, 0.15) is 6.04 Å². The monoisotopic (exact) mass is 333 g/mol. The summed E-state index contributed by atoms with van der Waals surface area (Å²) in [6, 6.07) is 6.84. The van der Waals surface area contributed by atoms with Crippen LogP contribution in [-0.4, -0.2) is 18.0 Å². The SMILES string of the molecule is CC(=O)OC(=O)C(N)Cc1ccc(I)cc1. The first kappa shape index (κ1) is 13.1. The minimum atomic E-state index is -0.802. The zero-order valence-corrected chi connectivity index (χ0v) is 10.9. The molecule has 5 heteroatoms. The molecule has 0 aromatic heterocycles. The van der Waals surface area contributed by atoms with E-state index in [1.165, 1.54) is 6.92 Å². The number of ether oxygens (including phenoxy) is 1. The molecule has 0 amide bonds. The molecule has 0 aliphatic carbocycles. The maximum atomic E-state index is 11.3. The summed E-state index contributed by atoms with van der Waals surface area (Å²) in [7, 11) is 0. The predicted octanol–water partition coefficient (Wildman–Crippen LogP) is 1.25. The van der Waals surface area contributed by atoms with Crippen molar-refractivity contribution in [3.63, 3.8) is 0 Å². The zero-order chi connectivity index (χ0) is 12.1. The summed E-state index contributed by atoms with van der Waals surface area (Å²) in [6.07, 6.45) is 0.364. The fourth-order valence-electron chi connectivity index (χ4n) is 1.18. The van der Waals surface area contributed by atoms with Crippen molar-refractivity contribution in [3.05, 3.63) is 33.4 Å². The van der Waals surface area contributed by atoms with Crippen LogP contribution in [0.25, 0.3) is 0 Å². The molecule has 0 radical (unpaired) electrons.